The van der Waals surface area contributed by atoms with Gasteiger partial charge in [-0.05, 0) is 35.9 Å². The molecule has 0 bridgehead atoms. The lowest BCUT2D eigenvalue weighted by Gasteiger charge is -2.09. The zero-order chi connectivity index (χ0) is 24.4. The molecule has 0 unspecified atom stereocenters. The van der Waals surface area contributed by atoms with Crippen LogP contribution in [0.25, 0.3) is 22.4 Å². The molecule has 0 saturated heterocycles. The van der Waals surface area contributed by atoms with Gasteiger partial charge < -0.3 is 4.52 Å². The minimum atomic E-state index is -3.91. The number of benzene rings is 3. The normalized spacial score (nSPS) is 11.7. The molecule has 0 aliphatic carbocycles. The highest BCUT2D eigenvalue weighted by molar-refractivity contribution is 7.89. The van der Waals surface area contributed by atoms with Crippen molar-refractivity contribution in [2.75, 3.05) is 0 Å². The Morgan fingerprint density at radius 3 is 2.34 bits per heavy atom. The van der Waals surface area contributed by atoms with E-state index in [1.807, 2.05) is 30.3 Å². The number of fused-ring (bicyclic) bond motifs is 1. The van der Waals surface area contributed by atoms with E-state index in [4.69, 9.17) is 4.52 Å². The molecule has 1 N–H and O–H groups in total. The van der Waals surface area contributed by atoms with E-state index in [0.29, 0.717) is 16.5 Å². The molecule has 0 spiro atoms. The maximum atomic E-state index is 13.1. The van der Waals surface area contributed by atoms with Gasteiger partial charge in [0.25, 0.3) is 11.4 Å². The average molecular weight is 492 g/mol. The zero-order valence-corrected chi connectivity index (χ0v) is 18.9. The smallest absolute Gasteiger partial charge is 0.279 e. The van der Waals surface area contributed by atoms with Crippen LogP contribution in [0.2, 0.25) is 0 Å². The van der Waals surface area contributed by atoms with Gasteiger partial charge in [0.05, 0.1) is 23.4 Å². The summed E-state index contributed by atoms with van der Waals surface area (Å²) in [7, 11) is -3.91. The number of hydrogen-bond donors (Lipinski definition) is 1. The molecule has 0 radical (unpaired) electrons. The number of hydrogen-bond acceptors (Lipinski definition) is 7. The van der Waals surface area contributed by atoms with E-state index in [-0.39, 0.29) is 35.3 Å². The van der Waals surface area contributed by atoms with Crippen molar-refractivity contribution in [2.24, 2.45) is 0 Å². The van der Waals surface area contributed by atoms with Gasteiger partial charge >= 0.3 is 0 Å². The molecule has 2 heterocycles. The molecule has 176 valence electrons. The van der Waals surface area contributed by atoms with Crippen molar-refractivity contribution in [1.29, 1.82) is 0 Å². The Hall–Kier alpha value is -4.22. The Kier molecular flexibility index (Phi) is 5.93. The van der Waals surface area contributed by atoms with Gasteiger partial charge in [-0.15, -0.1) is 0 Å². The standard InChI is InChI=1S/C24H18FN5O4S/c25-17-10-12-18(13-11-17)35(32,33)26-14-21-27-23(34-29-21)22-19-8-4-5-9-20(19)24(31)30(28-22)15-16-6-2-1-3-7-16/h1-13,26H,14-15H2. The van der Waals surface area contributed by atoms with Gasteiger partial charge in [-0.25, -0.2) is 22.2 Å². The lowest BCUT2D eigenvalue weighted by atomic mass is 10.1. The molecule has 3 aromatic carbocycles. The Morgan fingerprint density at radius 1 is 0.914 bits per heavy atom. The van der Waals surface area contributed by atoms with Gasteiger partial charge in [0.15, 0.2) is 11.5 Å². The topological polar surface area (TPSA) is 120 Å². The minimum Gasteiger partial charge on any atom is -0.332 e. The molecule has 0 aliphatic heterocycles. The highest BCUT2D eigenvalue weighted by atomic mass is 32.2. The molecule has 0 saturated carbocycles. The number of sulfonamides is 1. The summed E-state index contributed by atoms with van der Waals surface area (Å²) < 4.78 is 47.1. The van der Waals surface area contributed by atoms with Crippen LogP contribution in [-0.2, 0) is 23.1 Å². The molecule has 5 aromatic rings. The van der Waals surface area contributed by atoms with Gasteiger partial charge in [-0.2, -0.15) is 10.1 Å². The fourth-order valence-corrected chi connectivity index (χ4v) is 4.52. The first-order valence-electron chi connectivity index (χ1n) is 10.5. The summed E-state index contributed by atoms with van der Waals surface area (Å²) in [6.07, 6.45) is 0. The summed E-state index contributed by atoms with van der Waals surface area (Å²) in [6, 6.07) is 20.8. The van der Waals surface area contributed by atoms with Crippen LogP contribution >= 0.6 is 0 Å². The molecule has 11 heteroatoms. The summed E-state index contributed by atoms with van der Waals surface area (Å²) in [4.78, 5) is 17.2. The predicted octanol–water partition coefficient (Wildman–Crippen LogP) is 3.11. The maximum Gasteiger partial charge on any atom is 0.279 e. The Labute approximate surface area is 198 Å². The Balaban J connectivity index is 1.46. The van der Waals surface area contributed by atoms with Crippen molar-refractivity contribution in [3.8, 4) is 11.6 Å². The number of aromatic nitrogens is 4. The molecule has 0 aliphatic rings. The molecule has 2 aromatic heterocycles. The van der Waals surface area contributed by atoms with E-state index in [9.17, 15) is 17.6 Å². The third-order valence-corrected chi connectivity index (χ3v) is 6.67. The van der Waals surface area contributed by atoms with Gasteiger partial charge in [0.2, 0.25) is 10.0 Å². The molecule has 0 atom stereocenters. The largest absolute Gasteiger partial charge is 0.332 e. The summed E-state index contributed by atoms with van der Waals surface area (Å²) in [6.45, 7) is -0.0131. The maximum absolute atomic E-state index is 13.1. The number of nitrogens with one attached hydrogen (secondary N) is 1. The first-order chi connectivity index (χ1) is 16.9. The van der Waals surface area contributed by atoms with Gasteiger partial charge in [0.1, 0.15) is 5.82 Å². The van der Waals surface area contributed by atoms with Crippen LogP contribution in [0.4, 0.5) is 4.39 Å². The Bertz CT molecular complexity index is 1670. The molecule has 5 rings (SSSR count). The summed E-state index contributed by atoms with van der Waals surface area (Å²) in [5.74, 6) is -0.434. The quantitative estimate of drug-likeness (QED) is 0.371. The van der Waals surface area contributed by atoms with E-state index in [2.05, 4.69) is 20.0 Å². The van der Waals surface area contributed by atoms with Crippen molar-refractivity contribution < 1.29 is 17.3 Å². The number of nitrogens with zero attached hydrogens (tertiary/aromatic N) is 4. The van der Waals surface area contributed by atoms with Crippen molar-refractivity contribution in [3.63, 3.8) is 0 Å². The van der Waals surface area contributed by atoms with E-state index in [1.54, 1.807) is 24.3 Å². The van der Waals surface area contributed by atoms with Crippen LogP contribution in [0, 0.1) is 5.82 Å². The molecular formula is C24H18FN5O4S. The van der Waals surface area contributed by atoms with Crippen molar-refractivity contribution >= 4 is 20.8 Å². The van der Waals surface area contributed by atoms with Crippen LogP contribution < -0.4 is 10.3 Å². The number of halogens is 1. The van der Waals surface area contributed by atoms with Crippen LogP contribution in [0.5, 0.6) is 0 Å². The molecule has 9 nitrogen and oxygen atoms in total. The van der Waals surface area contributed by atoms with E-state index in [0.717, 1.165) is 29.8 Å². The second kappa shape index (κ2) is 9.20. The molecule has 35 heavy (non-hydrogen) atoms. The van der Waals surface area contributed by atoms with Gasteiger partial charge in [0, 0.05) is 5.39 Å². The highest BCUT2D eigenvalue weighted by Crippen LogP contribution is 2.23. The first-order valence-corrected chi connectivity index (χ1v) is 12.0. The van der Waals surface area contributed by atoms with Crippen LogP contribution in [0.15, 0.2) is 93.1 Å². The van der Waals surface area contributed by atoms with Crippen molar-refractivity contribution in [2.45, 2.75) is 18.0 Å². The van der Waals surface area contributed by atoms with E-state index in [1.165, 1.54) is 4.68 Å². The SMILES string of the molecule is O=c1c2ccccc2c(-c2nc(CNS(=O)(=O)c3ccc(F)cc3)no2)nn1Cc1ccccc1. The molecular weight excluding hydrogens is 473 g/mol. The molecule has 0 amide bonds. The second-order valence-electron chi connectivity index (χ2n) is 7.64. The fraction of sp³-hybridized carbons (Fsp3) is 0.0833. The van der Waals surface area contributed by atoms with Crippen LogP contribution in [-0.4, -0.2) is 28.3 Å². The monoisotopic (exact) mass is 491 g/mol. The van der Waals surface area contributed by atoms with Gasteiger partial charge in [-0.3, -0.25) is 4.79 Å². The summed E-state index contributed by atoms with van der Waals surface area (Å²) in [5.41, 5.74) is 0.932. The number of rotatable bonds is 7. The average Bonchev–Trinajstić information content (AvgIpc) is 3.34. The second-order valence-corrected chi connectivity index (χ2v) is 9.40. The summed E-state index contributed by atoms with van der Waals surface area (Å²) >= 11 is 0. The lowest BCUT2D eigenvalue weighted by molar-refractivity contribution is 0.419. The summed E-state index contributed by atoms with van der Waals surface area (Å²) in [5, 5.41) is 9.29. The van der Waals surface area contributed by atoms with Crippen molar-refractivity contribution in [1.82, 2.24) is 24.6 Å². The molecule has 0 fully saturated rings. The minimum absolute atomic E-state index is 0.0407. The van der Waals surface area contributed by atoms with E-state index >= 15 is 0 Å². The van der Waals surface area contributed by atoms with Crippen molar-refractivity contribution in [3.05, 3.63) is 106 Å². The third kappa shape index (κ3) is 4.72. The highest BCUT2D eigenvalue weighted by Gasteiger charge is 2.20. The third-order valence-electron chi connectivity index (χ3n) is 5.26. The van der Waals surface area contributed by atoms with E-state index < -0.39 is 15.8 Å². The Morgan fingerprint density at radius 2 is 1.60 bits per heavy atom. The lowest BCUT2D eigenvalue weighted by Crippen LogP contribution is -2.24. The zero-order valence-electron chi connectivity index (χ0n) is 18.1. The van der Waals surface area contributed by atoms with Crippen LogP contribution in [0.1, 0.15) is 11.4 Å². The van der Waals surface area contributed by atoms with Crippen LogP contribution in [0.3, 0.4) is 0 Å². The van der Waals surface area contributed by atoms with Gasteiger partial charge in [-0.1, -0.05) is 53.7 Å². The predicted molar refractivity (Wildman–Crippen MR) is 125 cm³/mol. The fourth-order valence-electron chi connectivity index (χ4n) is 3.54. The first kappa shape index (κ1) is 22.6.